The van der Waals surface area contributed by atoms with Gasteiger partial charge in [0.05, 0.1) is 18.7 Å². The van der Waals surface area contributed by atoms with E-state index in [0.717, 1.165) is 0 Å². The molecule has 0 saturated carbocycles. The normalized spacial score (nSPS) is 16.2. The molecule has 0 aliphatic carbocycles. The summed E-state index contributed by atoms with van der Waals surface area (Å²) in [6.45, 7) is 2.01. The van der Waals surface area contributed by atoms with Crippen LogP contribution in [-0.4, -0.2) is 53.8 Å². The first-order chi connectivity index (χ1) is 9.45. The molecule has 1 heterocycles. The molecule has 1 rings (SSSR count). The van der Waals surface area contributed by atoms with Gasteiger partial charge in [0, 0.05) is 17.2 Å². The molecule has 9 heteroatoms. The van der Waals surface area contributed by atoms with Gasteiger partial charge in [-0.25, -0.2) is 9.59 Å². The van der Waals surface area contributed by atoms with Crippen molar-refractivity contribution in [1.82, 2.24) is 10.6 Å². The molecule has 1 aliphatic rings. The Morgan fingerprint density at radius 3 is 2.85 bits per heavy atom. The number of ether oxygens (including phenoxy) is 1. The van der Waals surface area contributed by atoms with Gasteiger partial charge in [-0.1, -0.05) is 0 Å². The van der Waals surface area contributed by atoms with Crippen LogP contribution in [0.15, 0.2) is 11.3 Å². The lowest BCUT2D eigenvalue weighted by Gasteiger charge is -2.21. The molecular weight excluding hydrogens is 286 g/mol. The number of esters is 1. The summed E-state index contributed by atoms with van der Waals surface area (Å²) in [6, 6.07) is -1.39. The number of urea groups is 1. The molecule has 8 nitrogen and oxygen atoms in total. The Labute approximate surface area is 120 Å². The second-order valence-corrected chi connectivity index (χ2v) is 4.98. The first-order valence-electron chi connectivity index (χ1n) is 5.95. The smallest absolute Gasteiger partial charge is 0.337 e. The van der Waals surface area contributed by atoms with Crippen LogP contribution in [0.1, 0.15) is 6.92 Å². The van der Waals surface area contributed by atoms with E-state index in [-0.39, 0.29) is 24.7 Å². The highest BCUT2D eigenvalue weighted by Crippen LogP contribution is 2.14. The Kier molecular flexibility index (Phi) is 6.32. The average molecular weight is 303 g/mol. The Balaban J connectivity index is 2.66. The van der Waals surface area contributed by atoms with Crippen molar-refractivity contribution in [3.05, 3.63) is 11.3 Å². The maximum atomic E-state index is 11.7. The minimum atomic E-state index is -1.09. The number of amides is 2. The molecule has 20 heavy (non-hydrogen) atoms. The molecule has 0 saturated heterocycles. The third-order valence-electron chi connectivity index (χ3n) is 2.44. The van der Waals surface area contributed by atoms with Crippen LogP contribution in [0.2, 0.25) is 0 Å². The summed E-state index contributed by atoms with van der Waals surface area (Å²) in [5, 5.41) is 13.7. The van der Waals surface area contributed by atoms with E-state index in [0.29, 0.717) is 11.3 Å². The molecule has 112 valence electrons. The number of carbonyl (C=O) groups is 3. The van der Waals surface area contributed by atoms with Crippen LogP contribution in [-0.2, 0) is 14.3 Å². The van der Waals surface area contributed by atoms with Crippen LogP contribution in [0.5, 0.6) is 0 Å². The number of carboxylic acids is 1. The molecule has 0 aromatic rings. The molecule has 1 aliphatic heterocycles. The fraction of sp³-hybridized carbons (Fsp3) is 0.545. The molecule has 5 N–H and O–H groups in total. The van der Waals surface area contributed by atoms with Gasteiger partial charge in [-0.2, -0.15) is 11.8 Å². The molecule has 0 spiro atoms. The molecule has 0 fully saturated rings. The number of hydrogen-bond donors (Lipinski definition) is 4. The van der Waals surface area contributed by atoms with Gasteiger partial charge in [-0.3, -0.25) is 4.79 Å². The predicted octanol–water partition coefficient (Wildman–Crippen LogP) is -0.738. The first-order valence-corrected chi connectivity index (χ1v) is 7.11. The number of nitrogens with two attached hydrogens (primary N) is 1. The highest BCUT2D eigenvalue weighted by Gasteiger charge is 2.23. The van der Waals surface area contributed by atoms with Crippen LogP contribution in [0.3, 0.4) is 0 Å². The molecule has 0 bridgehead atoms. The quantitative estimate of drug-likeness (QED) is 0.456. The molecule has 0 aromatic heterocycles. The third kappa shape index (κ3) is 4.74. The first kappa shape index (κ1) is 16.3. The zero-order valence-electron chi connectivity index (χ0n) is 11.0. The van der Waals surface area contributed by atoms with Gasteiger partial charge in [0.25, 0.3) is 0 Å². The largest absolute Gasteiger partial charge is 0.480 e. The number of rotatable bonds is 7. The SMILES string of the molecule is CCOC(=O)C1=C(CSC[C@@H](N)C(=O)O)NC(=O)NC1. The summed E-state index contributed by atoms with van der Waals surface area (Å²) in [4.78, 5) is 33.6. The molecule has 0 aromatic carbocycles. The van der Waals surface area contributed by atoms with E-state index in [1.165, 1.54) is 11.8 Å². The van der Waals surface area contributed by atoms with E-state index in [2.05, 4.69) is 10.6 Å². The van der Waals surface area contributed by atoms with Crippen LogP contribution < -0.4 is 16.4 Å². The number of nitrogens with one attached hydrogen (secondary N) is 2. The number of carbonyl (C=O) groups excluding carboxylic acids is 2. The van der Waals surface area contributed by atoms with Gasteiger partial charge in [-0.15, -0.1) is 0 Å². The van der Waals surface area contributed by atoms with E-state index < -0.39 is 24.0 Å². The highest BCUT2D eigenvalue weighted by molar-refractivity contribution is 7.99. The molecule has 0 radical (unpaired) electrons. The van der Waals surface area contributed by atoms with Crippen molar-refractivity contribution >= 4 is 29.7 Å². The van der Waals surface area contributed by atoms with Gasteiger partial charge in [0.2, 0.25) is 0 Å². The number of aliphatic carboxylic acids is 1. The van der Waals surface area contributed by atoms with E-state index in [9.17, 15) is 14.4 Å². The maximum Gasteiger partial charge on any atom is 0.337 e. The zero-order chi connectivity index (χ0) is 15.1. The van der Waals surface area contributed by atoms with Crippen molar-refractivity contribution < 1.29 is 24.2 Å². The van der Waals surface area contributed by atoms with Crippen LogP contribution in [0.25, 0.3) is 0 Å². The standard InChI is InChI=1S/C11H17N3O5S/c1-2-19-10(17)6-3-13-11(18)14-8(6)5-20-4-7(12)9(15)16/h7H,2-5,12H2,1H3,(H,15,16)(H2,13,14,18)/t7-/m1/s1. The number of carboxylic acid groups (broad SMARTS) is 1. The van der Waals surface area contributed by atoms with Crippen molar-refractivity contribution in [2.75, 3.05) is 24.7 Å². The van der Waals surface area contributed by atoms with E-state index >= 15 is 0 Å². The lowest BCUT2D eigenvalue weighted by Crippen LogP contribution is -2.44. The third-order valence-corrected chi connectivity index (χ3v) is 3.52. The van der Waals surface area contributed by atoms with Crippen LogP contribution in [0, 0.1) is 0 Å². The Hall–Kier alpha value is -1.74. The highest BCUT2D eigenvalue weighted by atomic mass is 32.2. The van der Waals surface area contributed by atoms with Crippen LogP contribution in [0.4, 0.5) is 4.79 Å². The minimum Gasteiger partial charge on any atom is -0.480 e. The summed E-state index contributed by atoms with van der Waals surface area (Å²) in [5.74, 6) is -1.13. The molecule has 0 unspecified atom stereocenters. The summed E-state index contributed by atoms with van der Waals surface area (Å²) >= 11 is 1.22. The lowest BCUT2D eigenvalue weighted by atomic mass is 10.2. The predicted molar refractivity (Wildman–Crippen MR) is 73.1 cm³/mol. The van der Waals surface area contributed by atoms with Crippen molar-refractivity contribution in [3.63, 3.8) is 0 Å². The molecular formula is C11H17N3O5S. The van der Waals surface area contributed by atoms with Crippen molar-refractivity contribution in [2.24, 2.45) is 5.73 Å². The summed E-state index contributed by atoms with van der Waals surface area (Å²) in [6.07, 6.45) is 0. The monoisotopic (exact) mass is 303 g/mol. The fourth-order valence-corrected chi connectivity index (χ4v) is 2.39. The van der Waals surface area contributed by atoms with Crippen molar-refractivity contribution in [3.8, 4) is 0 Å². The van der Waals surface area contributed by atoms with Gasteiger partial charge in [0.1, 0.15) is 6.04 Å². The second kappa shape index (κ2) is 7.75. The topological polar surface area (TPSA) is 131 Å². The number of hydrogen-bond acceptors (Lipinski definition) is 6. The van der Waals surface area contributed by atoms with E-state index in [1.54, 1.807) is 6.92 Å². The van der Waals surface area contributed by atoms with Gasteiger partial charge < -0.3 is 26.2 Å². The molecule has 2 amide bonds. The Bertz CT molecular complexity index is 438. The fourth-order valence-electron chi connectivity index (χ4n) is 1.43. The summed E-state index contributed by atoms with van der Waals surface area (Å²) < 4.78 is 4.90. The van der Waals surface area contributed by atoms with Gasteiger partial charge >= 0.3 is 18.0 Å². The van der Waals surface area contributed by atoms with Gasteiger partial charge in [0.15, 0.2) is 0 Å². The van der Waals surface area contributed by atoms with Crippen molar-refractivity contribution in [1.29, 1.82) is 0 Å². The lowest BCUT2D eigenvalue weighted by molar-refractivity contribution is -0.139. The summed E-state index contributed by atoms with van der Waals surface area (Å²) in [5.41, 5.74) is 6.14. The van der Waals surface area contributed by atoms with E-state index in [4.69, 9.17) is 15.6 Å². The van der Waals surface area contributed by atoms with Crippen molar-refractivity contribution in [2.45, 2.75) is 13.0 Å². The van der Waals surface area contributed by atoms with E-state index in [1.807, 2.05) is 0 Å². The Morgan fingerprint density at radius 1 is 1.55 bits per heavy atom. The zero-order valence-corrected chi connectivity index (χ0v) is 11.8. The second-order valence-electron chi connectivity index (χ2n) is 3.95. The number of thioether (sulfide) groups is 1. The average Bonchev–Trinajstić information content (AvgIpc) is 2.38. The summed E-state index contributed by atoms with van der Waals surface area (Å²) in [7, 11) is 0. The Morgan fingerprint density at radius 2 is 2.25 bits per heavy atom. The van der Waals surface area contributed by atoms with Crippen LogP contribution >= 0.6 is 11.8 Å². The maximum absolute atomic E-state index is 11.7. The van der Waals surface area contributed by atoms with Gasteiger partial charge in [-0.05, 0) is 6.92 Å². The molecule has 1 atom stereocenters. The minimum absolute atomic E-state index is 0.0888.